The molecule has 0 aliphatic heterocycles. The quantitative estimate of drug-likeness (QED) is 0.525. The third-order valence-corrected chi connectivity index (χ3v) is 6.11. The zero-order chi connectivity index (χ0) is 21.7. The molecule has 0 aliphatic carbocycles. The number of hydrogen-bond acceptors (Lipinski definition) is 4. The molecule has 1 aromatic heterocycles. The first-order valence-electron chi connectivity index (χ1n) is 9.39. The Balaban J connectivity index is 1.48. The summed E-state index contributed by atoms with van der Waals surface area (Å²) in [5.41, 5.74) is 3.39. The van der Waals surface area contributed by atoms with Crippen LogP contribution in [0.5, 0.6) is 0 Å². The number of aromatic nitrogens is 1. The van der Waals surface area contributed by atoms with Gasteiger partial charge in [-0.3, -0.25) is 9.59 Å². The number of nitrogens with zero attached hydrogens (tertiary/aromatic N) is 1. The Morgan fingerprint density at radius 1 is 1.13 bits per heavy atom. The predicted octanol–water partition coefficient (Wildman–Crippen LogP) is 4.90. The number of carbonyl (C=O) groups is 2. The fourth-order valence-corrected chi connectivity index (χ4v) is 3.85. The van der Waals surface area contributed by atoms with Crippen molar-refractivity contribution in [1.82, 2.24) is 15.6 Å². The first-order valence-corrected chi connectivity index (χ1v) is 11.0. The zero-order valence-electron chi connectivity index (χ0n) is 16.5. The Morgan fingerprint density at radius 2 is 1.87 bits per heavy atom. The first kappa shape index (κ1) is 22.3. The number of thiazole rings is 1. The summed E-state index contributed by atoms with van der Waals surface area (Å²) >= 11 is 13.6. The first-order chi connectivity index (χ1) is 14.3. The van der Waals surface area contributed by atoms with E-state index in [1.54, 1.807) is 36.5 Å². The maximum absolute atomic E-state index is 12.3. The molecule has 156 valence electrons. The number of benzene rings is 2. The van der Waals surface area contributed by atoms with Crippen molar-refractivity contribution in [2.24, 2.45) is 0 Å². The fraction of sp³-hybridized carbons (Fsp3) is 0.227. The Labute approximate surface area is 189 Å². The number of halogens is 2. The van der Waals surface area contributed by atoms with Crippen LogP contribution in [0.15, 0.2) is 47.8 Å². The fourth-order valence-electron chi connectivity index (χ4n) is 2.84. The lowest BCUT2D eigenvalue weighted by atomic mass is 10.1. The van der Waals surface area contributed by atoms with Crippen LogP contribution in [0.3, 0.4) is 0 Å². The lowest BCUT2D eigenvalue weighted by Crippen LogP contribution is -2.45. The standard InChI is InChI=1S/C22H21Cl2N3O2S/c1-13(26-22(29)17-4-3-5-18(23)20(17)24)21(28)25-11-10-15-6-8-16(9-7-15)19-12-30-14(2)27-19/h3-9,12-13H,10-11H2,1-2H3,(H,25,28)(H,26,29). The molecule has 0 aliphatic rings. The molecule has 0 saturated heterocycles. The normalized spacial score (nSPS) is 11.7. The predicted molar refractivity (Wildman–Crippen MR) is 122 cm³/mol. The molecule has 0 spiro atoms. The van der Waals surface area contributed by atoms with Gasteiger partial charge in [-0.1, -0.05) is 53.5 Å². The Hall–Kier alpha value is -2.41. The van der Waals surface area contributed by atoms with Crippen LogP contribution in [0.25, 0.3) is 11.3 Å². The molecule has 5 nitrogen and oxygen atoms in total. The molecule has 1 unspecified atom stereocenters. The summed E-state index contributed by atoms with van der Waals surface area (Å²) in [6.07, 6.45) is 0.683. The smallest absolute Gasteiger partial charge is 0.253 e. The molecule has 0 fully saturated rings. The summed E-state index contributed by atoms with van der Waals surface area (Å²) in [6, 6.07) is 12.2. The van der Waals surface area contributed by atoms with Crippen molar-refractivity contribution in [3.05, 3.63) is 74.0 Å². The molecule has 2 aromatic carbocycles. The molecule has 2 N–H and O–H groups in total. The second-order valence-corrected chi connectivity index (χ2v) is 8.63. The largest absolute Gasteiger partial charge is 0.354 e. The zero-order valence-corrected chi connectivity index (χ0v) is 18.9. The number of aryl methyl sites for hydroxylation is 1. The average Bonchev–Trinajstić information content (AvgIpc) is 3.16. The summed E-state index contributed by atoms with van der Waals surface area (Å²) in [6.45, 7) is 4.07. The van der Waals surface area contributed by atoms with Crippen molar-refractivity contribution in [3.63, 3.8) is 0 Å². The summed E-state index contributed by atoms with van der Waals surface area (Å²) < 4.78 is 0. The number of carbonyl (C=O) groups excluding carboxylic acids is 2. The molecular weight excluding hydrogens is 441 g/mol. The van der Waals surface area contributed by atoms with Gasteiger partial charge in [-0.2, -0.15) is 0 Å². The minimum atomic E-state index is -0.706. The molecule has 2 amide bonds. The van der Waals surface area contributed by atoms with Gasteiger partial charge in [0.15, 0.2) is 0 Å². The molecule has 3 rings (SSSR count). The maximum Gasteiger partial charge on any atom is 0.253 e. The monoisotopic (exact) mass is 461 g/mol. The lowest BCUT2D eigenvalue weighted by Gasteiger charge is -2.15. The summed E-state index contributed by atoms with van der Waals surface area (Å²) in [5.74, 6) is -0.714. The van der Waals surface area contributed by atoms with E-state index >= 15 is 0 Å². The van der Waals surface area contributed by atoms with E-state index in [0.29, 0.717) is 13.0 Å². The third-order valence-electron chi connectivity index (χ3n) is 4.52. The summed E-state index contributed by atoms with van der Waals surface area (Å²) in [4.78, 5) is 29.1. The van der Waals surface area contributed by atoms with Gasteiger partial charge in [-0.05, 0) is 38.0 Å². The van der Waals surface area contributed by atoms with Crippen LogP contribution in [-0.2, 0) is 11.2 Å². The van der Waals surface area contributed by atoms with Crippen LogP contribution >= 0.6 is 34.5 Å². The van der Waals surface area contributed by atoms with E-state index in [1.165, 1.54) is 0 Å². The highest BCUT2D eigenvalue weighted by atomic mass is 35.5. The van der Waals surface area contributed by atoms with Crippen LogP contribution in [0.1, 0.15) is 27.9 Å². The van der Waals surface area contributed by atoms with E-state index in [9.17, 15) is 9.59 Å². The van der Waals surface area contributed by atoms with Crippen molar-refractivity contribution < 1.29 is 9.59 Å². The van der Waals surface area contributed by atoms with Gasteiger partial charge in [0.05, 0.1) is 26.3 Å². The number of hydrogen-bond donors (Lipinski definition) is 2. The number of amides is 2. The van der Waals surface area contributed by atoms with Crippen LogP contribution < -0.4 is 10.6 Å². The van der Waals surface area contributed by atoms with Crippen LogP contribution in [0.4, 0.5) is 0 Å². The van der Waals surface area contributed by atoms with Crippen LogP contribution in [0, 0.1) is 6.92 Å². The van der Waals surface area contributed by atoms with E-state index in [2.05, 4.69) is 15.6 Å². The molecule has 0 bridgehead atoms. The van der Waals surface area contributed by atoms with Gasteiger partial charge in [-0.25, -0.2) is 4.98 Å². The molecule has 0 saturated carbocycles. The molecule has 1 atom stereocenters. The van der Waals surface area contributed by atoms with E-state index < -0.39 is 11.9 Å². The van der Waals surface area contributed by atoms with E-state index in [0.717, 1.165) is 21.8 Å². The van der Waals surface area contributed by atoms with E-state index in [4.69, 9.17) is 23.2 Å². The molecule has 1 heterocycles. The number of nitrogens with one attached hydrogen (secondary N) is 2. The highest BCUT2D eigenvalue weighted by Gasteiger charge is 2.18. The van der Waals surface area contributed by atoms with E-state index in [-0.39, 0.29) is 21.5 Å². The van der Waals surface area contributed by atoms with Crippen molar-refractivity contribution in [2.75, 3.05) is 6.54 Å². The SMILES string of the molecule is Cc1nc(-c2ccc(CCNC(=O)C(C)NC(=O)c3cccc(Cl)c3Cl)cc2)cs1. The summed E-state index contributed by atoms with van der Waals surface area (Å²) in [7, 11) is 0. The van der Waals surface area contributed by atoms with Gasteiger partial charge in [0, 0.05) is 17.5 Å². The van der Waals surface area contributed by atoms with Crippen molar-refractivity contribution in [1.29, 1.82) is 0 Å². The number of rotatable bonds is 7. The van der Waals surface area contributed by atoms with Gasteiger partial charge >= 0.3 is 0 Å². The van der Waals surface area contributed by atoms with Crippen LogP contribution in [0.2, 0.25) is 10.0 Å². The van der Waals surface area contributed by atoms with Crippen molar-refractivity contribution >= 4 is 46.4 Å². The highest BCUT2D eigenvalue weighted by Crippen LogP contribution is 2.25. The van der Waals surface area contributed by atoms with Crippen LogP contribution in [-0.4, -0.2) is 29.4 Å². The molecule has 0 radical (unpaired) electrons. The highest BCUT2D eigenvalue weighted by molar-refractivity contribution is 7.09. The van der Waals surface area contributed by atoms with Gasteiger partial charge in [0.2, 0.25) is 5.91 Å². The third kappa shape index (κ3) is 5.59. The van der Waals surface area contributed by atoms with Gasteiger partial charge in [0.25, 0.3) is 5.91 Å². The Morgan fingerprint density at radius 3 is 2.53 bits per heavy atom. The lowest BCUT2D eigenvalue weighted by molar-refractivity contribution is -0.122. The van der Waals surface area contributed by atoms with Crippen molar-refractivity contribution in [3.8, 4) is 11.3 Å². The average molecular weight is 462 g/mol. The molecule has 30 heavy (non-hydrogen) atoms. The van der Waals surface area contributed by atoms with E-state index in [1.807, 2.05) is 36.6 Å². The maximum atomic E-state index is 12.3. The molecule has 3 aromatic rings. The molecular formula is C22H21Cl2N3O2S. The van der Waals surface area contributed by atoms with Gasteiger partial charge < -0.3 is 10.6 Å². The second-order valence-electron chi connectivity index (χ2n) is 6.79. The molecule has 8 heteroatoms. The topological polar surface area (TPSA) is 71.1 Å². The van der Waals surface area contributed by atoms with Gasteiger partial charge in [0.1, 0.15) is 6.04 Å². The second kappa shape index (κ2) is 10.1. The van der Waals surface area contributed by atoms with Crippen molar-refractivity contribution in [2.45, 2.75) is 26.3 Å². The summed E-state index contributed by atoms with van der Waals surface area (Å²) in [5, 5.41) is 9.01. The van der Waals surface area contributed by atoms with Gasteiger partial charge in [-0.15, -0.1) is 11.3 Å². The minimum Gasteiger partial charge on any atom is -0.354 e. The Kier molecular flexibility index (Phi) is 7.48. The minimum absolute atomic E-state index is 0.167. The Bertz CT molecular complexity index is 1050.